The second-order valence-corrected chi connectivity index (χ2v) is 5.65. The molecule has 0 atom stereocenters. The highest BCUT2D eigenvalue weighted by Gasteiger charge is 2.15. The zero-order valence-corrected chi connectivity index (χ0v) is 13.6. The summed E-state index contributed by atoms with van der Waals surface area (Å²) in [5.74, 6) is 0.561. The van der Waals surface area contributed by atoms with Crippen LogP contribution in [0.5, 0.6) is 0 Å². The van der Waals surface area contributed by atoms with E-state index in [9.17, 15) is 4.79 Å². The molecular weight excluding hydrogens is 316 g/mol. The highest BCUT2D eigenvalue weighted by Crippen LogP contribution is 2.18. The number of benzene rings is 1. The van der Waals surface area contributed by atoms with Gasteiger partial charge in [-0.05, 0) is 12.1 Å². The molecule has 0 radical (unpaired) electrons. The fraction of sp³-hybridized carbons (Fsp3) is 0.111. The molecule has 0 unspecified atom stereocenters. The molecule has 0 aliphatic rings. The fourth-order valence-electron chi connectivity index (χ4n) is 2.77. The van der Waals surface area contributed by atoms with E-state index in [1.165, 1.54) is 0 Å². The van der Waals surface area contributed by atoms with Crippen LogP contribution >= 0.6 is 0 Å². The molecule has 3 heterocycles. The van der Waals surface area contributed by atoms with Crippen LogP contribution in [0.1, 0.15) is 16.2 Å². The first-order valence-corrected chi connectivity index (χ1v) is 7.87. The number of rotatable bonds is 4. The van der Waals surface area contributed by atoms with Gasteiger partial charge in [-0.2, -0.15) is 5.10 Å². The monoisotopic (exact) mass is 332 g/mol. The van der Waals surface area contributed by atoms with E-state index in [0.717, 1.165) is 22.5 Å². The number of nitrogens with zero attached hydrogens (tertiary/aromatic N) is 4. The average molecular weight is 332 g/mol. The van der Waals surface area contributed by atoms with Gasteiger partial charge in [0.1, 0.15) is 11.5 Å². The molecule has 2 N–H and O–H groups in total. The smallest absolute Gasteiger partial charge is 0.269 e. The van der Waals surface area contributed by atoms with Gasteiger partial charge in [0, 0.05) is 24.2 Å². The van der Waals surface area contributed by atoms with Crippen LogP contribution in [-0.4, -0.2) is 30.6 Å². The van der Waals surface area contributed by atoms with Crippen LogP contribution in [0, 0.1) is 0 Å². The van der Waals surface area contributed by atoms with Crippen molar-refractivity contribution in [3.05, 3.63) is 66.2 Å². The molecule has 0 bridgehead atoms. The van der Waals surface area contributed by atoms with E-state index in [1.54, 1.807) is 17.0 Å². The Morgan fingerprint density at radius 1 is 1.16 bits per heavy atom. The average Bonchev–Trinajstić information content (AvgIpc) is 3.24. The van der Waals surface area contributed by atoms with Gasteiger partial charge in [0.25, 0.3) is 5.91 Å². The lowest BCUT2D eigenvalue weighted by Gasteiger charge is -2.07. The minimum absolute atomic E-state index is 0.191. The molecule has 124 valence electrons. The Kier molecular flexibility index (Phi) is 3.74. The van der Waals surface area contributed by atoms with Crippen molar-refractivity contribution in [1.29, 1.82) is 0 Å². The summed E-state index contributed by atoms with van der Waals surface area (Å²) in [4.78, 5) is 21.1. The predicted octanol–water partition coefficient (Wildman–Crippen LogP) is 2.29. The third-order valence-corrected chi connectivity index (χ3v) is 4.09. The third kappa shape index (κ3) is 2.76. The van der Waals surface area contributed by atoms with Crippen LogP contribution in [0.2, 0.25) is 0 Å². The van der Waals surface area contributed by atoms with Gasteiger partial charge in [0.2, 0.25) is 0 Å². The minimum atomic E-state index is -0.191. The lowest BCUT2D eigenvalue weighted by Crippen LogP contribution is -2.25. The van der Waals surface area contributed by atoms with E-state index in [4.69, 9.17) is 0 Å². The van der Waals surface area contributed by atoms with Gasteiger partial charge in [0.05, 0.1) is 18.4 Å². The number of H-pyrrole nitrogens is 1. The number of carbonyl (C=O) groups excluding carboxylic acids is 1. The summed E-state index contributed by atoms with van der Waals surface area (Å²) in [6.07, 6.45) is 3.27. The molecule has 7 nitrogen and oxygen atoms in total. The number of aromatic amines is 1. The zero-order chi connectivity index (χ0) is 17.2. The highest BCUT2D eigenvalue weighted by atomic mass is 16.1. The van der Waals surface area contributed by atoms with Crippen LogP contribution < -0.4 is 5.32 Å². The second-order valence-electron chi connectivity index (χ2n) is 5.65. The lowest BCUT2D eigenvalue weighted by atomic mass is 10.2. The number of fused-ring (bicyclic) bond motifs is 1. The Balaban J connectivity index is 1.53. The maximum absolute atomic E-state index is 12.5. The summed E-state index contributed by atoms with van der Waals surface area (Å²) >= 11 is 0. The van der Waals surface area contributed by atoms with Crippen LogP contribution in [0.25, 0.3) is 22.4 Å². The third-order valence-electron chi connectivity index (χ3n) is 4.09. The maximum atomic E-state index is 12.5. The molecule has 0 aliphatic heterocycles. The molecule has 4 aromatic rings. The van der Waals surface area contributed by atoms with Crippen molar-refractivity contribution in [3.8, 4) is 11.4 Å². The molecule has 3 aromatic heterocycles. The molecule has 1 aromatic carbocycles. The highest BCUT2D eigenvalue weighted by molar-refractivity contribution is 5.93. The van der Waals surface area contributed by atoms with Crippen molar-refractivity contribution in [1.82, 2.24) is 30.0 Å². The SMILES string of the molecule is Cn1c(C(=O)NCc2[nH]nc3ncccc23)cnc1-c1ccccc1. The Hall–Kier alpha value is -3.48. The van der Waals surface area contributed by atoms with E-state index in [1.807, 2.05) is 49.5 Å². The summed E-state index contributed by atoms with van der Waals surface area (Å²) in [6.45, 7) is 0.340. The first-order chi connectivity index (χ1) is 12.2. The number of aromatic nitrogens is 5. The van der Waals surface area contributed by atoms with Gasteiger partial charge in [-0.3, -0.25) is 9.89 Å². The number of hydrogen-bond donors (Lipinski definition) is 2. The van der Waals surface area contributed by atoms with Crippen molar-refractivity contribution in [2.75, 3.05) is 0 Å². The molecule has 0 saturated carbocycles. The van der Waals surface area contributed by atoms with Gasteiger partial charge in [0.15, 0.2) is 5.65 Å². The number of pyridine rings is 1. The van der Waals surface area contributed by atoms with Crippen LogP contribution in [-0.2, 0) is 13.6 Å². The Bertz CT molecular complexity index is 1030. The number of nitrogens with one attached hydrogen (secondary N) is 2. The Morgan fingerprint density at radius 2 is 2.00 bits per heavy atom. The van der Waals surface area contributed by atoms with E-state index < -0.39 is 0 Å². The summed E-state index contributed by atoms with van der Waals surface area (Å²) in [7, 11) is 1.83. The van der Waals surface area contributed by atoms with Crippen molar-refractivity contribution in [2.45, 2.75) is 6.54 Å². The largest absolute Gasteiger partial charge is 0.345 e. The van der Waals surface area contributed by atoms with Gasteiger partial charge in [-0.15, -0.1) is 0 Å². The summed E-state index contributed by atoms with van der Waals surface area (Å²) in [5.41, 5.74) is 2.93. The van der Waals surface area contributed by atoms with Crippen LogP contribution in [0.3, 0.4) is 0 Å². The van der Waals surface area contributed by atoms with Gasteiger partial charge in [-0.1, -0.05) is 30.3 Å². The molecule has 1 amide bonds. The molecule has 0 saturated heterocycles. The molecule has 0 aliphatic carbocycles. The molecular formula is C18H16N6O. The van der Waals surface area contributed by atoms with Crippen molar-refractivity contribution in [2.24, 2.45) is 7.05 Å². The first kappa shape index (κ1) is 15.1. The standard InChI is InChI=1S/C18H16N6O/c1-24-15(11-20-17(24)12-6-3-2-4-7-12)18(25)21-10-14-13-8-5-9-19-16(13)23-22-14/h2-9,11H,10H2,1H3,(H,21,25)(H,19,22,23). The quantitative estimate of drug-likeness (QED) is 0.600. The summed E-state index contributed by atoms with van der Waals surface area (Å²) in [6, 6.07) is 13.5. The van der Waals surface area contributed by atoms with Crippen molar-refractivity contribution in [3.63, 3.8) is 0 Å². The van der Waals surface area contributed by atoms with Gasteiger partial charge >= 0.3 is 0 Å². The molecule has 4 rings (SSSR count). The molecule has 0 fully saturated rings. The van der Waals surface area contributed by atoms with E-state index in [0.29, 0.717) is 17.9 Å². The van der Waals surface area contributed by atoms with Gasteiger partial charge in [-0.25, -0.2) is 9.97 Å². The number of carbonyl (C=O) groups is 1. The lowest BCUT2D eigenvalue weighted by molar-refractivity contribution is 0.0942. The van der Waals surface area contributed by atoms with E-state index in [2.05, 4.69) is 25.5 Å². The van der Waals surface area contributed by atoms with E-state index in [-0.39, 0.29) is 5.91 Å². The number of amides is 1. The summed E-state index contributed by atoms with van der Waals surface area (Å²) < 4.78 is 1.79. The molecule has 25 heavy (non-hydrogen) atoms. The van der Waals surface area contributed by atoms with Crippen LogP contribution in [0.4, 0.5) is 0 Å². The second kappa shape index (κ2) is 6.20. The van der Waals surface area contributed by atoms with Gasteiger partial charge < -0.3 is 9.88 Å². The normalized spacial score (nSPS) is 10.9. The Morgan fingerprint density at radius 3 is 2.84 bits per heavy atom. The Labute approximate surface area is 143 Å². The maximum Gasteiger partial charge on any atom is 0.269 e. The zero-order valence-electron chi connectivity index (χ0n) is 13.6. The van der Waals surface area contributed by atoms with E-state index >= 15 is 0 Å². The van der Waals surface area contributed by atoms with Crippen molar-refractivity contribution < 1.29 is 4.79 Å². The topological polar surface area (TPSA) is 88.5 Å². The minimum Gasteiger partial charge on any atom is -0.345 e. The fourth-order valence-corrected chi connectivity index (χ4v) is 2.77. The predicted molar refractivity (Wildman–Crippen MR) is 93.7 cm³/mol. The number of imidazole rings is 1. The first-order valence-electron chi connectivity index (χ1n) is 7.87. The molecule has 7 heteroatoms. The molecule has 0 spiro atoms. The number of hydrogen-bond acceptors (Lipinski definition) is 4. The van der Waals surface area contributed by atoms with Crippen molar-refractivity contribution >= 4 is 16.9 Å². The summed E-state index contributed by atoms with van der Waals surface area (Å²) in [5, 5.41) is 10.8. The van der Waals surface area contributed by atoms with Crippen LogP contribution in [0.15, 0.2) is 54.9 Å².